The van der Waals surface area contributed by atoms with E-state index in [0.717, 1.165) is 25.7 Å². The van der Waals surface area contributed by atoms with E-state index in [9.17, 15) is 9.90 Å². The fourth-order valence-corrected chi connectivity index (χ4v) is 2.34. The van der Waals surface area contributed by atoms with Crippen molar-refractivity contribution in [2.24, 2.45) is 5.41 Å². The van der Waals surface area contributed by atoms with E-state index in [-0.39, 0.29) is 11.3 Å². The van der Waals surface area contributed by atoms with Crippen LogP contribution in [0.3, 0.4) is 0 Å². The monoisotopic (exact) mass is 227 g/mol. The minimum atomic E-state index is -0.732. The molecule has 0 aromatic heterocycles. The standard InChI is InChI=1S/C13H25NO2/c1-4-13(16,5-2)10-14-11(15)12(3)8-6-7-9-12/h16H,4-10H2,1-3H3,(H,14,15). The Morgan fingerprint density at radius 1 is 1.31 bits per heavy atom. The zero-order valence-electron chi connectivity index (χ0n) is 10.8. The van der Waals surface area contributed by atoms with Crippen LogP contribution in [0.4, 0.5) is 0 Å². The SMILES string of the molecule is CCC(O)(CC)CNC(=O)C1(C)CCCC1. The van der Waals surface area contributed by atoms with Crippen molar-refractivity contribution < 1.29 is 9.90 Å². The zero-order valence-corrected chi connectivity index (χ0v) is 10.8. The first-order valence-corrected chi connectivity index (χ1v) is 6.46. The van der Waals surface area contributed by atoms with E-state index in [0.29, 0.717) is 19.4 Å². The Labute approximate surface area is 98.6 Å². The van der Waals surface area contributed by atoms with Crippen molar-refractivity contribution >= 4 is 5.91 Å². The van der Waals surface area contributed by atoms with E-state index < -0.39 is 5.60 Å². The first-order valence-electron chi connectivity index (χ1n) is 6.46. The van der Waals surface area contributed by atoms with Crippen LogP contribution < -0.4 is 5.32 Å². The highest BCUT2D eigenvalue weighted by molar-refractivity contribution is 5.82. The van der Waals surface area contributed by atoms with Gasteiger partial charge in [-0.3, -0.25) is 4.79 Å². The molecule has 0 heterocycles. The minimum Gasteiger partial charge on any atom is -0.388 e. The maximum atomic E-state index is 12.0. The van der Waals surface area contributed by atoms with Crippen molar-refractivity contribution in [2.75, 3.05) is 6.54 Å². The number of carbonyl (C=O) groups is 1. The normalized spacial score (nSPS) is 19.8. The smallest absolute Gasteiger partial charge is 0.226 e. The molecule has 1 aliphatic carbocycles. The van der Waals surface area contributed by atoms with Crippen LogP contribution in [-0.2, 0) is 4.79 Å². The van der Waals surface area contributed by atoms with Crippen LogP contribution in [0.5, 0.6) is 0 Å². The average molecular weight is 227 g/mol. The Morgan fingerprint density at radius 2 is 1.81 bits per heavy atom. The number of carbonyl (C=O) groups excluding carboxylic acids is 1. The molecule has 1 amide bonds. The molecular weight excluding hydrogens is 202 g/mol. The lowest BCUT2D eigenvalue weighted by molar-refractivity contribution is -0.131. The molecule has 16 heavy (non-hydrogen) atoms. The Bertz CT molecular complexity index is 240. The van der Waals surface area contributed by atoms with E-state index >= 15 is 0 Å². The lowest BCUT2D eigenvalue weighted by Crippen LogP contribution is -2.46. The summed E-state index contributed by atoms with van der Waals surface area (Å²) in [6.45, 7) is 6.32. The highest BCUT2D eigenvalue weighted by Gasteiger charge is 2.37. The second kappa shape index (κ2) is 5.17. The molecule has 0 aromatic rings. The van der Waals surface area contributed by atoms with Gasteiger partial charge in [-0.05, 0) is 25.7 Å². The van der Waals surface area contributed by atoms with Crippen LogP contribution in [-0.4, -0.2) is 23.2 Å². The van der Waals surface area contributed by atoms with Crippen molar-refractivity contribution in [3.05, 3.63) is 0 Å². The van der Waals surface area contributed by atoms with Crippen LogP contribution in [0, 0.1) is 5.41 Å². The van der Waals surface area contributed by atoms with Gasteiger partial charge >= 0.3 is 0 Å². The van der Waals surface area contributed by atoms with E-state index in [1.165, 1.54) is 0 Å². The van der Waals surface area contributed by atoms with Gasteiger partial charge in [0.15, 0.2) is 0 Å². The predicted molar refractivity (Wildman–Crippen MR) is 65.1 cm³/mol. The summed E-state index contributed by atoms with van der Waals surface area (Å²) in [5, 5.41) is 13.0. The third-order valence-electron chi connectivity index (χ3n) is 4.15. The summed E-state index contributed by atoms with van der Waals surface area (Å²) >= 11 is 0. The maximum Gasteiger partial charge on any atom is 0.226 e. The quantitative estimate of drug-likeness (QED) is 0.756. The Balaban J connectivity index is 2.46. The number of aliphatic hydroxyl groups is 1. The Morgan fingerprint density at radius 3 is 2.25 bits per heavy atom. The van der Waals surface area contributed by atoms with Crippen molar-refractivity contribution in [2.45, 2.75) is 64.9 Å². The minimum absolute atomic E-state index is 0.116. The lowest BCUT2D eigenvalue weighted by Gasteiger charge is -2.29. The fourth-order valence-electron chi connectivity index (χ4n) is 2.34. The van der Waals surface area contributed by atoms with E-state index in [1.807, 2.05) is 20.8 Å². The average Bonchev–Trinajstić information content (AvgIpc) is 2.74. The molecule has 1 saturated carbocycles. The van der Waals surface area contributed by atoms with Crippen LogP contribution in [0.15, 0.2) is 0 Å². The van der Waals surface area contributed by atoms with E-state index in [2.05, 4.69) is 5.32 Å². The van der Waals surface area contributed by atoms with Gasteiger partial charge in [0.1, 0.15) is 0 Å². The van der Waals surface area contributed by atoms with Crippen molar-refractivity contribution in [1.29, 1.82) is 0 Å². The molecule has 0 radical (unpaired) electrons. The van der Waals surface area contributed by atoms with Crippen molar-refractivity contribution in [1.82, 2.24) is 5.32 Å². The first-order chi connectivity index (χ1) is 7.46. The summed E-state index contributed by atoms with van der Waals surface area (Å²) in [6, 6.07) is 0. The van der Waals surface area contributed by atoms with Gasteiger partial charge in [0, 0.05) is 12.0 Å². The van der Waals surface area contributed by atoms with Gasteiger partial charge in [0.25, 0.3) is 0 Å². The number of hydrogen-bond acceptors (Lipinski definition) is 2. The van der Waals surface area contributed by atoms with Gasteiger partial charge in [0.05, 0.1) is 5.60 Å². The summed E-state index contributed by atoms with van der Waals surface area (Å²) in [5.74, 6) is 0.116. The molecule has 0 atom stereocenters. The third-order valence-corrected chi connectivity index (χ3v) is 4.15. The molecule has 3 heteroatoms. The Hall–Kier alpha value is -0.570. The summed E-state index contributed by atoms with van der Waals surface area (Å²) in [7, 11) is 0. The molecule has 0 saturated heterocycles. The molecule has 0 spiro atoms. The number of nitrogens with one attached hydrogen (secondary N) is 1. The maximum absolute atomic E-state index is 12.0. The summed E-state index contributed by atoms with van der Waals surface area (Å²) < 4.78 is 0. The zero-order chi connectivity index (χ0) is 12.2. The van der Waals surface area contributed by atoms with E-state index in [4.69, 9.17) is 0 Å². The van der Waals surface area contributed by atoms with Gasteiger partial charge < -0.3 is 10.4 Å². The third kappa shape index (κ3) is 2.97. The van der Waals surface area contributed by atoms with Crippen molar-refractivity contribution in [3.63, 3.8) is 0 Å². The number of amides is 1. The molecule has 1 rings (SSSR count). The second-order valence-corrected chi connectivity index (χ2v) is 5.38. The molecule has 94 valence electrons. The first kappa shape index (κ1) is 13.5. The van der Waals surface area contributed by atoms with Crippen LogP contribution in [0.1, 0.15) is 59.3 Å². The highest BCUT2D eigenvalue weighted by Crippen LogP contribution is 2.37. The molecule has 1 aliphatic rings. The molecule has 1 fully saturated rings. The van der Waals surface area contributed by atoms with Gasteiger partial charge in [-0.1, -0.05) is 33.6 Å². The molecule has 0 bridgehead atoms. The number of rotatable bonds is 5. The van der Waals surface area contributed by atoms with E-state index in [1.54, 1.807) is 0 Å². The van der Waals surface area contributed by atoms with Crippen LogP contribution in [0.25, 0.3) is 0 Å². The number of hydrogen-bond donors (Lipinski definition) is 2. The van der Waals surface area contributed by atoms with Gasteiger partial charge in [-0.15, -0.1) is 0 Å². The summed E-state index contributed by atoms with van der Waals surface area (Å²) in [5.41, 5.74) is -0.924. The van der Waals surface area contributed by atoms with Crippen molar-refractivity contribution in [3.8, 4) is 0 Å². The second-order valence-electron chi connectivity index (χ2n) is 5.38. The molecule has 0 unspecified atom stereocenters. The van der Waals surface area contributed by atoms with Gasteiger partial charge in [-0.2, -0.15) is 0 Å². The largest absolute Gasteiger partial charge is 0.388 e. The lowest BCUT2D eigenvalue weighted by atomic mass is 9.87. The summed E-state index contributed by atoms with van der Waals surface area (Å²) in [4.78, 5) is 12.0. The fraction of sp³-hybridized carbons (Fsp3) is 0.923. The van der Waals surface area contributed by atoms with Crippen LogP contribution >= 0.6 is 0 Å². The molecular formula is C13H25NO2. The van der Waals surface area contributed by atoms with Gasteiger partial charge in [0.2, 0.25) is 5.91 Å². The highest BCUT2D eigenvalue weighted by atomic mass is 16.3. The molecule has 0 aliphatic heterocycles. The topological polar surface area (TPSA) is 49.3 Å². The van der Waals surface area contributed by atoms with Gasteiger partial charge in [-0.25, -0.2) is 0 Å². The predicted octanol–water partition coefficient (Wildman–Crippen LogP) is 2.23. The Kier molecular flexibility index (Phi) is 4.36. The molecule has 2 N–H and O–H groups in total. The molecule has 0 aromatic carbocycles. The van der Waals surface area contributed by atoms with Crippen LogP contribution in [0.2, 0.25) is 0 Å². The molecule has 3 nitrogen and oxygen atoms in total. The summed E-state index contributed by atoms with van der Waals surface area (Å²) in [6.07, 6.45) is 5.62.